The lowest BCUT2D eigenvalue weighted by Gasteiger charge is -2.06. The third kappa shape index (κ3) is 4.05. The molecule has 0 aliphatic heterocycles. The molecule has 0 saturated carbocycles. The van der Waals surface area contributed by atoms with Crippen LogP contribution in [-0.4, -0.2) is 41.3 Å². The Morgan fingerprint density at radius 2 is 1.56 bits per heavy atom. The fourth-order valence-electron chi connectivity index (χ4n) is 1.23. The van der Waals surface area contributed by atoms with Gasteiger partial charge in [0.05, 0.1) is 9.79 Å². The minimum atomic E-state index is -3.65. The first kappa shape index (κ1) is 15.1. The number of nitrogens with one attached hydrogen (secondary N) is 1. The van der Waals surface area contributed by atoms with Crippen molar-refractivity contribution in [2.45, 2.75) is 16.2 Å². The van der Waals surface area contributed by atoms with E-state index in [-0.39, 0.29) is 22.9 Å². The molecule has 8 heteroatoms. The molecule has 0 aromatic heterocycles. The van der Waals surface area contributed by atoms with Crippen LogP contribution in [0.15, 0.2) is 34.1 Å². The lowest BCUT2D eigenvalue weighted by Crippen LogP contribution is -2.25. The van der Waals surface area contributed by atoms with Crippen molar-refractivity contribution in [1.82, 2.24) is 4.72 Å². The predicted octanol–water partition coefficient (Wildman–Crippen LogP) is -0.249. The average molecular weight is 293 g/mol. The molecule has 0 unspecified atom stereocenters. The number of sulfonamides is 1. The topological polar surface area (TPSA) is 101 Å². The maximum absolute atomic E-state index is 11.7. The SMILES string of the molecule is CS(=O)(=O)c1ccc(S(=O)(=O)NCCCO)cc1. The Bertz CT molecular complexity index is 590. The van der Waals surface area contributed by atoms with Gasteiger partial charge in [0.15, 0.2) is 9.84 Å². The smallest absolute Gasteiger partial charge is 0.240 e. The van der Waals surface area contributed by atoms with Gasteiger partial charge in [0, 0.05) is 19.4 Å². The van der Waals surface area contributed by atoms with Crippen LogP contribution in [0.25, 0.3) is 0 Å². The molecule has 1 rings (SSSR count). The fourth-order valence-corrected chi connectivity index (χ4v) is 2.94. The van der Waals surface area contributed by atoms with Crippen LogP contribution in [0, 0.1) is 0 Å². The van der Waals surface area contributed by atoms with Gasteiger partial charge in [-0.15, -0.1) is 0 Å². The highest BCUT2D eigenvalue weighted by molar-refractivity contribution is 7.90. The molecule has 0 amide bonds. The Hall–Kier alpha value is -0.960. The molecule has 2 N–H and O–H groups in total. The molecule has 1 aromatic rings. The van der Waals surface area contributed by atoms with Gasteiger partial charge >= 0.3 is 0 Å². The fraction of sp³-hybridized carbons (Fsp3) is 0.400. The summed E-state index contributed by atoms with van der Waals surface area (Å²) in [5.74, 6) is 0. The van der Waals surface area contributed by atoms with Gasteiger partial charge in [0.25, 0.3) is 0 Å². The molecular formula is C10H15NO5S2. The van der Waals surface area contributed by atoms with E-state index in [0.717, 1.165) is 6.26 Å². The summed E-state index contributed by atoms with van der Waals surface area (Å²) in [6, 6.07) is 4.96. The molecule has 0 spiro atoms. The lowest BCUT2D eigenvalue weighted by atomic mass is 10.4. The summed E-state index contributed by atoms with van der Waals surface area (Å²) in [4.78, 5) is 0.0599. The first-order valence-electron chi connectivity index (χ1n) is 5.18. The molecule has 1 aromatic carbocycles. The van der Waals surface area contributed by atoms with Crippen LogP contribution >= 0.6 is 0 Å². The molecule has 102 valence electrons. The van der Waals surface area contributed by atoms with Crippen molar-refractivity contribution in [1.29, 1.82) is 0 Å². The largest absolute Gasteiger partial charge is 0.396 e. The molecule has 0 atom stereocenters. The molecule has 6 nitrogen and oxygen atoms in total. The highest BCUT2D eigenvalue weighted by atomic mass is 32.2. The van der Waals surface area contributed by atoms with E-state index in [0.29, 0.717) is 6.42 Å². The summed E-state index contributed by atoms with van der Waals surface area (Å²) >= 11 is 0. The number of aliphatic hydroxyl groups excluding tert-OH is 1. The van der Waals surface area contributed by atoms with Crippen LogP contribution in [0.4, 0.5) is 0 Å². The second-order valence-electron chi connectivity index (χ2n) is 3.72. The quantitative estimate of drug-likeness (QED) is 0.704. The summed E-state index contributed by atoms with van der Waals surface area (Å²) in [5.41, 5.74) is 0. The van der Waals surface area contributed by atoms with Crippen molar-refractivity contribution in [2.75, 3.05) is 19.4 Å². The van der Waals surface area contributed by atoms with Crippen LogP contribution in [0.3, 0.4) is 0 Å². The van der Waals surface area contributed by atoms with Crippen molar-refractivity contribution in [3.05, 3.63) is 24.3 Å². The standard InChI is InChI=1S/C10H15NO5S2/c1-17(13,14)9-3-5-10(6-4-9)18(15,16)11-7-2-8-12/h3-6,11-12H,2,7-8H2,1H3. The Labute approximate surface area is 107 Å². The minimum Gasteiger partial charge on any atom is -0.396 e. The van der Waals surface area contributed by atoms with Gasteiger partial charge in [-0.1, -0.05) is 0 Å². The van der Waals surface area contributed by atoms with Crippen LogP contribution < -0.4 is 4.72 Å². The molecule has 0 aliphatic carbocycles. The zero-order chi connectivity index (χ0) is 13.8. The van der Waals surface area contributed by atoms with Crippen molar-refractivity contribution < 1.29 is 21.9 Å². The van der Waals surface area contributed by atoms with Crippen molar-refractivity contribution in [2.24, 2.45) is 0 Å². The van der Waals surface area contributed by atoms with Crippen LogP contribution in [0.1, 0.15) is 6.42 Å². The highest BCUT2D eigenvalue weighted by Gasteiger charge is 2.14. The average Bonchev–Trinajstić information content (AvgIpc) is 2.28. The summed E-state index contributed by atoms with van der Waals surface area (Å²) in [6.07, 6.45) is 1.37. The van der Waals surface area contributed by atoms with Gasteiger partial charge in [-0.05, 0) is 30.7 Å². The maximum atomic E-state index is 11.7. The van der Waals surface area contributed by atoms with Crippen LogP contribution in [0.2, 0.25) is 0 Å². The van der Waals surface area contributed by atoms with Crippen molar-refractivity contribution in [3.63, 3.8) is 0 Å². The second-order valence-corrected chi connectivity index (χ2v) is 7.50. The Morgan fingerprint density at radius 1 is 1.06 bits per heavy atom. The number of aliphatic hydroxyl groups is 1. The number of rotatable bonds is 6. The van der Waals surface area contributed by atoms with Gasteiger partial charge in [0.2, 0.25) is 10.0 Å². The van der Waals surface area contributed by atoms with E-state index in [1.807, 2.05) is 0 Å². The molecule has 0 aliphatic rings. The van der Waals surface area contributed by atoms with E-state index in [9.17, 15) is 16.8 Å². The lowest BCUT2D eigenvalue weighted by molar-refractivity contribution is 0.289. The summed E-state index contributed by atoms with van der Waals surface area (Å²) in [7, 11) is -6.98. The zero-order valence-corrected chi connectivity index (χ0v) is 11.5. The summed E-state index contributed by atoms with van der Waals surface area (Å²) in [6.45, 7) is 0.0300. The zero-order valence-electron chi connectivity index (χ0n) is 9.83. The molecule has 0 heterocycles. The molecular weight excluding hydrogens is 278 g/mol. The first-order chi connectivity index (χ1) is 8.27. The van der Waals surface area contributed by atoms with E-state index < -0.39 is 19.9 Å². The third-order valence-electron chi connectivity index (χ3n) is 2.19. The molecule has 0 fully saturated rings. The van der Waals surface area contributed by atoms with Crippen LogP contribution in [0.5, 0.6) is 0 Å². The molecule has 0 saturated heterocycles. The number of benzene rings is 1. The molecule has 0 radical (unpaired) electrons. The van der Waals surface area contributed by atoms with Gasteiger partial charge < -0.3 is 5.11 Å². The first-order valence-corrected chi connectivity index (χ1v) is 8.55. The summed E-state index contributed by atoms with van der Waals surface area (Å²) in [5, 5.41) is 8.56. The van der Waals surface area contributed by atoms with E-state index in [4.69, 9.17) is 5.11 Å². The van der Waals surface area contributed by atoms with Crippen molar-refractivity contribution >= 4 is 19.9 Å². The van der Waals surface area contributed by atoms with Gasteiger partial charge in [0.1, 0.15) is 0 Å². The molecule has 18 heavy (non-hydrogen) atoms. The Kier molecular flexibility index (Phi) is 4.85. The predicted molar refractivity (Wildman–Crippen MR) is 66.4 cm³/mol. The normalized spacial score (nSPS) is 12.6. The number of sulfone groups is 1. The Balaban J connectivity index is 2.91. The van der Waals surface area contributed by atoms with Crippen molar-refractivity contribution in [3.8, 4) is 0 Å². The van der Waals surface area contributed by atoms with Gasteiger partial charge in [-0.25, -0.2) is 21.6 Å². The van der Waals surface area contributed by atoms with Gasteiger partial charge in [-0.3, -0.25) is 0 Å². The third-order valence-corrected chi connectivity index (χ3v) is 4.79. The van der Waals surface area contributed by atoms with E-state index in [1.54, 1.807) is 0 Å². The highest BCUT2D eigenvalue weighted by Crippen LogP contribution is 2.14. The monoisotopic (exact) mass is 293 g/mol. The second kappa shape index (κ2) is 5.79. The van der Waals surface area contributed by atoms with E-state index in [2.05, 4.69) is 4.72 Å². The maximum Gasteiger partial charge on any atom is 0.240 e. The van der Waals surface area contributed by atoms with E-state index in [1.165, 1.54) is 24.3 Å². The molecule has 0 bridgehead atoms. The van der Waals surface area contributed by atoms with Gasteiger partial charge in [-0.2, -0.15) is 0 Å². The Morgan fingerprint density at radius 3 is 2.00 bits per heavy atom. The summed E-state index contributed by atoms with van der Waals surface area (Å²) < 4.78 is 48.2. The minimum absolute atomic E-state index is 0.00663. The van der Waals surface area contributed by atoms with Crippen LogP contribution in [-0.2, 0) is 19.9 Å². The number of hydrogen-bond acceptors (Lipinski definition) is 5. The van der Waals surface area contributed by atoms with E-state index >= 15 is 0 Å². The number of hydrogen-bond donors (Lipinski definition) is 2.